The lowest BCUT2D eigenvalue weighted by Gasteiger charge is -2.32. The molecular formula is C27H37BrNO4+. The molecule has 0 aromatic heterocycles. The molecule has 5 nitrogen and oxygen atoms in total. The molecule has 2 aromatic carbocycles. The van der Waals surface area contributed by atoms with E-state index in [2.05, 4.69) is 54.3 Å². The summed E-state index contributed by atoms with van der Waals surface area (Å²) in [5.74, 6) is 1.21. The van der Waals surface area contributed by atoms with Crippen LogP contribution >= 0.6 is 15.9 Å². The number of hydrogen-bond donors (Lipinski definition) is 1. The number of esters is 1. The quantitative estimate of drug-likeness (QED) is 0.330. The fourth-order valence-corrected chi connectivity index (χ4v) is 5.12. The smallest absolute Gasteiger partial charge is 0.306 e. The number of rotatable bonds is 12. The number of hydrogen-bond acceptors (Lipinski definition) is 4. The molecule has 6 heteroatoms. The Morgan fingerprint density at radius 3 is 2.52 bits per heavy atom. The summed E-state index contributed by atoms with van der Waals surface area (Å²) in [6.07, 6.45) is 3.94. The molecule has 33 heavy (non-hydrogen) atoms. The minimum atomic E-state index is -0.545. The molecule has 1 N–H and O–H groups in total. The van der Waals surface area contributed by atoms with Gasteiger partial charge in [-0.1, -0.05) is 30.3 Å². The van der Waals surface area contributed by atoms with Gasteiger partial charge in [-0.25, -0.2) is 0 Å². The van der Waals surface area contributed by atoms with E-state index in [1.54, 1.807) is 0 Å². The molecule has 0 unspecified atom stereocenters. The minimum absolute atomic E-state index is 0.185. The number of benzene rings is 2. The second-order valence-electron chi connectivity index (χ2n) is 9.71. The summed E-state index contributed by atoms with van der Waals surface area (Å²) in [7, 11) is 4.36. The van der Waals surface area contributed by atoms with Crippen LogP contribution in [0.15, 0.2) is 46.9 Å². The van der Waals surface area contributed by atoms with Gasteiger partial charge in [-0.15, -0.1) is 0 Å². The number of carbonyl (C=O) groups is 1. The summed E-state index contributed by atoms with van der Waals surface area (Å²) in [5.41, 5.74) is 4.03. The van der Waals surface area contributed by atoms with Gasteiger partial charge in [0.25, 0.3) is 0 Å². The second-order valence-corrected chi connectivity index (χ2v) is 10.6. The van der Waals surface area contributed by atoms with Crippen LogP contribution in [0.2, 0.25) is 0 Å². The summed E-state index contributed by atoms with van der Waals surface area (Å²) in [6, 6.07) is 14.6. The number of aryl methyl sites for hydroxylation is 1. The highest BCUT2D eigenvalue weighted by Gasteiger charge is 2.26. The summed E-state index contributed by atoms with van der Waals surface area (Å²) in [6.45, 7) is 4.15. The first-order valence-corrected chi connectivity index (χ1v) is 12.7. The Hall–Kier alpha value is -1.89. The Morgan fingerprint density at radius 1 is 1.18 bits per heavy atom. The van der Waals surface area contributed by atoms with Gasteiger partial charge < -0.3 is 19.1 Å². The van der Waals surface area contributed by atoms with Crippen molar-refractivity contribution in [2.75, 3.05) is 40.4 Å². The van der Waals surface area contributed by atoms with Crippen LogP contribution in [0.5, 0.6) is 5.75 Å². The normalized spacial score (nSPS) is 14.7. The molecule has 0 saturated heterocycles. The van der Waals surface area contributed by atoms with Crippen molar-refractivity contribution in [3.05, 3.63) is 63.6 Å². The Morgan fingerprint density at radius 2 is 1.88 bits per heavy atom. The predicted molar refractivity (Wildman–Crippen MR) is 134 cm³/mol. The molecule has 0 radical (unpaired) electrons. The second kappa shape index (κ2) is 12.0. The number of aliphatic hydroxyl groups is 1. The Kier molecular flexibility index (Phi) is 9.36. The lowest BCUT2D eigenvalue weighted by Crippen LogP contribution is -2.48. The molecule has 180 valence electrons. The number of halogens is 1. The van der Waals surface area contributed by atoms with Gasteiger partial charge >= 0.3 is 5.97 Å². The number of nitrogens with zero attached hydrogens (tertiary/aromatic N) is 1. The van der Waals surface area contributed by atoms with Gasteiger partial charge in [0.05, 0.1) is 31.7 Å². The maximum atomic E-state index is 11.5. The number of fused-ring (bicyclic) bond motifs is 1. The third kappa shape index (κ3) is 8.13. The van der Waals surface area contributed by atoms with Crippen molar-refractivity contribution < 1.29 is 23.9 Å². The van der Waals surface area contributed by atoms with Crippen molar-refractivity contribution in [1.29, 1.82) is 0 Å². The predicted octanol–water partition coefficient (Wildman–Crippen LogP) is 4.57. The Balaban J connectivity index is 1.40. The van der Waals surface area contributed by atoms with Gasteiger partial charge in [-0.05, 0) is 76.9 Å². The zero-order chi connectivity index (χ0) is 23.8. The van der Waals surface area contributed by atoms with Gasteiger partial charge in [0, 0.05) is 12.8 Å². The molecule has 1 atom stereocenters. The molecule has 3 rings (SSSR count). The molecular weight excluding hydrogens is 482 g/mol. The molecule has 0 amide bonds. The SMILES string of the molecule is CCOC(=O)CCc1ccc(OC[C@H](O)C[N+](C)(C)CCC2Cc3ccccc3C2)c(Br)c1. The van der Waals surface area contributed by atoms with E-state index in [0.717, 1.165) is 27.5 Å². The topological polar surface area (TPSA) is 55.8 Å². The first-order chi connectivity index (χ1) is 15.8. The summed E-state index contributed by atoms with van der Waals surface area (Å²) in [4.78, 5) is 11.5. The maximum Gasteiger partial charge on any atom is 0.306 e. The average Bonchev–Trinajstić information content (AvgIpc) is 3.19. The van der Waals surface area contributed by atoms with Crippen LogP contribution in [0.25, 0.3) is 0 Å². The van der Waals surface area contributed by atoms with Crippen molar-refractivity contribution in [2.24, 2.45) is 5.92 Å². The lowest BCUT2D eigenvalue weighted by atomic mass is 10.0. The van der Waals surface area contributed by atoms with Gasteiger partial charge in [0.1, 0.15) is 25.0 Å². The third-order valence-corrected chi connectivity index (χ3v) is 6.95. The monoisotopic (exact) mass is 518 g/mol. The fourth-order valence-electron chi connectivity index (χ4n) is 4.58. The Labute approximate surface area is 206 Å². The number of likely N-dealkylation sites (N-methyl/N-ethyl adjacent to an activating group) is 1. The summed E-state index contributed by atoms with van der Waals surface area (Å²) in [5, 5.41) is 10.6. The molecule has 0 saturated carbocycles. The summed E-state index contributed by atoms with van der Waals surface area (Å²) < 4.78 is 12.5. The van der Waals surface area contributed by atoms with E-state index in [1.807, 2.05) is 25.1 Å². The van der Waals surface area contributed by atoms with Crippen molar-refractivity contribution in [3.63, 3.8) is 0 Å². The number of carbonyl (C=O) groups excluding carboxylic acids is 1. The van der Waals surface area contributed by atoms with Crippen molar-refractivity contribution in [3.8, 4) is 5.75 Å². The van der Waals surface area contributed by atoms with Crippen LogP contribution in [0.1, 0.15) is 36.5 Å². The maximum absolute atomic E-state index is 11.5. The molecule has 0 aliphatic heterocycles. The van der Waals surface area contributed by atoms with E-state index >= 15 is 0 Å². The standard InChI is InChI=1S/C27H37BrNO4/c1-4-32-27(31)12-10-20-9-11-26(25(28)17-20)33-19-24(30)18-29(2,3)14-13-21-15-22-7-5-6-8-23(22)16-21/h5-9,11,17,21,24,30H,4,10,12-16,18-19H2,1-3H3/q+1/t24-/m1/s1. The van der Waals surface area contributed by atoms with Crippen molar-refractivity contribution in [2.45, 2.75) is 45.1 Å². The number of quaternary nitrogens is 1. The van der Waals surface area contributed by atoms with Crippen LogP contribution in [0.3, 0.4) is 0 Å². The van der Waals surface area contributed by atoms with Crippen LogP contribution in [-0.4, -0.2) is 62.1 Å². The highest BCUT2D eigenvalue weighted by molar-refractivity contribution is 9.10. The van der Waals surface area contributed by atoms with Crippen molar-refractivity contribution >= 4 is 21.9 Å². The van der Waals surface area contributed by atoms with E-state index in [4.69, 9.17) is 9.47 Å². The highest BCUT2D eigenvalue weighted by Crippen LogP contribution is 2.29. The van der Waals surface area contributed by atoms with Gasteiger partial charge in [0.15, 0.2) is 0 Å². The fraction of sp³-hybridized carbons (Fsp3) is 0.519. The van der Waals surface area contributed by atoms with E-state index in [0.29, 0.717) is 37.7 Å². The largest absolute Gasteiger partial charge is 0.489 e. The molecule has 1 aliphatic carbocycles. The minimum Gasteiger partial charge on any atom is -0.489 e. The summed E-state index contributed by atoms with van der Waals surface area (Å²) >= 11 is 3.54. The highest BCUT2D eigenvalue weighted by atomic mass is 79.9. The molecule has 0 heterocycles. The average molecular weight is 520 g/mol. The zero-order valence-corrected chi connectivity index (χ0v) is 21.6. The molecule has 0 fully saturated rings. The first-order valence-electron chi connectivity index (χ1n) is 11.9. The Bertz CT molecular complexity index is 905. The third-order valence-electron chi connectivity index (χ3n) is 6.33. The number of ether oxygens (including phenoxy) is 2. The van der Waals surface area contributed by atoms with Gasteiger partial charge in [0.2, 0.25) is 0 Å². The van der Waals surface area contributed by atoms with Crippen LogP contribution in [0.4, 0.5) is 0 Å². The van der Waals surface area contributed by atoms with Crippen LogP contribution in [-0.2, 0) is 28.8 Å². The van der Waals surface area contributed by atoms with E-state index in [9.17, 15) is 9.90 Å². The first kappa shape index (κ1) is 25.7. The molecule has 0 bridgehead atoms. The van der Waals surface area contributed by atoms with Gasteiger partial charge in [-0.2, -0.15) is 0 Å². The molecule has 0 spiro atoms. The van der Waals surface area contributed by atoms with Crippen LogP contribution in [0, 0.1) is 5.92 Å². The lowest BCUT2D eigenvalue weighted by molar-refractivity contribution is -0.894. The zero-order valence-electron chi connectivity index (χ0n) is 20.1. The van der Waals surface area contributed by atoms with Gasteiger partial charge in [-0.3, -0.25) is 4.79 Å². The molecule has 1 aliphatic rings. The van der Waals surface area contributed by atoms with E-state index in [1.165, 1.54) is 24.0 Å². The van der Waals surface area contributed by atoms with Crippen LogP contribution < -0.4 is 4.74 Å². The van der Waals surface area contributed by atoms with E-state index < -0.39 is 6.10 Å². The van der Waals surface area contributed by atoms with Crippen molar-refractivity contribution in [1.82, 2.24) is 0 Å². The number of aliphatic hydroxyl groups excluding tert-OH is 1. The van der Waals surface area contributed by atoms with E-state index in [-0.39, 0.29) is 12.6 Å². The molecule has 2 aromatic rings.